The van der Waals surface area contributed by atoms with Gasteiger partial charge in [0.05, 0.1) is 11.7 Å². The Morgan fingerprint density at radius 3 is 2.45 bits per heavy atom. The fraction of sp³-hybridized carbons (Fsp3) is 0.333. The fourth-order valence-electron chi connectivity index (χ4n) is 3.65. The van der Waals surface area contributed by atoms with E-state index in [1.165, 1.54) is 5.56 Å². The van der Waals surface area contributed by atoms with Gasteiger partial charge in [0, 0.05) is 32.0 Å². The van der Waals surface area contributed by atoms with E-state index in [9.17, 15) is 4.79 Å². The lowest BCUT2D eigenvalue weighted by Crippen LogP contribution is -2.45. The molecule has 0 fully saturated rings. The molecule has 0 aliphatic carbocycles. The van der Waals surface area contributed by atoms with E-state index in [-0.39, 0.29) is 5.91 Å². The predicted octanol–water partition coefficient (Wildman–Crippen LogP) is 3.98. The smallest absolute Gasteiger partial charge is 0.227 e. The Balaban J connectivity index is 1.74. The summed E-state index contributed by atoms with van der Waals surface area (Å²) in [4.78, 5) is 16.9. The standard InChI is InChI=1S/C24H30N4O/c1-3-24(4-2,17-25)23(29)27-15-21-7-5-6-8-22(21)20-11-9-19(10-12-20)16-28-14-13-26-18-28/h5-14,18H,3-4,15-17,25H2,1-2H3,(H,27,29). The number of hydrogen-bond donors (Lipinski definition) is 2. The van der Waals surface area contributed by atoms with Crippen LogP contribution in [-0.4, -0.2) is 22.0 Å². The highest BCUT2D eigenvalue weighted by Crippen LogP contribution is 2.27. The van der Waals surface area contributed by atoms with E-state index in [2.05, 4.69) is 46.7 Å². The fourth-order valence-corrected chi connectivity index (χ4v) is 3.65. The molecule has 5 heteroatoms. The first-order valence-corrected chi connectivity index (χ1v) is 10.2. The van der Waals surface area contributed by atoms with Gasteiger partial charge in [0.2, 0.25) is 5.91 Å². The molecule has 152 valence electrons. The first kappa shape index (κ1) is 20.8. The van der Waals surface area contributed by atoms with Crippen LogP contribution < -0.4 is 11.1 Å². The van der Waals surface area contributed by atoms with E-state index in [0.717, 1.165) is 36.1 Å². The number of rotatable bonds is 9. The van der Waals surface area contributed by atoms with Crippen molar-refractivity contribution in [2.45, 2.75) is 39.8 Å². The van der Waals surface area contributed by atoms with Crippen LogP contribution in [0.25, 0.3) is 11.1 Å². The average Bonchev–Trinajstić information content (AvgIpc) is 3.28. The van der Waals surface area contributed by atoms with Gasteiger partial charge in [0.15, 0.2) is 0 Å². The predicted molar refractivity (Wildman–Crippen MR) is 117 cm³/mol. The topological polar surface area (TPSA) is 72.9 Å². The van der Waals surface area contributed by atoms with Crippen LogP contribution in [0.3, 0.4) is 0 Å². The summed E-state index contributed by atoms with van der Waals surface area (Å²) in [5.74, 6) is 0.0375. The summed E-state index contributed by atoms with van der Waals surface area (Å²) in [5, 5.41) is 3.11. The van der Waals surface area contributed by atoms with Gasteiger partial charge in [0.1, 0.15) is 0 Å². The molecule has 3 N–H and O–H groups in total. The number of hydrogen-bond acceptors (Lipinski definition) is 3. The van der Waals surface area contributed by atoms with Gasteiger partial charge in [-0.1, -0.05) is 62.4 Å². The van der Waals surface area contributed by atoms with Gasteiger partial charge in [-0.2, -0.15) is 0 Å². The summed E-state index contributed by atoms with van der Waals surface area (Å²) in [7, 11) is 0. The Labute approximate surface area is 173 Å². The van der Waals surface area contributed by atoms with Gasteiger partial charge >= 0.3 is 0 Å². The zero-order valence-electron chi connectivity index (χ0n) is 17.3. The van der Waals surface area contributed by atoms with Crippen LogP contribution >= 0.6 is 0 Å². The highest BCUT2D eigenvalue weighted by Gasteiger charge is 2.33. The number of nitrogens with one attached hydrogen (secondary N) is 1. The Morgan fingerprint density at radius 2 is 1.83 bits per heavy atom. The molecule has 0 unspecified atom stereocenters. The number of nitrogens with two attached hydrogens (primary N) is 1. The van der Waals surface area contributed by atoms with Crippen molar-refractivity contribution in [1.82, 2.24) is 14.9 Å². The number of benzene rings is 2. The number of carbonyl (C=O) groups excluding carboxylic acids is 1. The monoisotopic (exact) mass is 390 g/mol. The number of aromatic nitrogens is 2. The third kappa shape index (κ3) is 4.74. The van der Waals surface area contributed by atoms with Gasteiger partial charge in [0.25, 0.3) is 0 Å². The summed E-state index contributed by atoms with van der Waals surface area (Å²) in [6.07, 6.45) is 7.05. The molecule has 3 rings (SSSR count). The molecule has 0 aliphatic rings. The SMILES string of the molecule is CCC(CC)(CN)C(=O)NCc1ccccc1-c1ccc(Cn2ccnc2)cc1. The molecule has 0 spiro atoms. The maximum absolute atomic E-state index is 12.8. The number of nitrogens with zero attached hydrogens (tertiary/aromatic N) is 2. The zero-order chi connectivity index (χ0) is 20.7. The lowest BCUT2D eigenvalue weighted by Gasteiger charge is -2.28. The third-order valence-electron chi connectivity index (χ3n) is 5.87. The van der Waals surface area contributed by atoms with E-state index in [0.29, 0.717) is 13.1 Å². The highest BCUT2D eigenvalue weighted by atomic mass is 16.2. The van der Waals surface area contributed by atoms with Crippen molar-refractivity contribution in [3.63, 3.8) is 0 Å². The highest BCUT2D eigenvalue weighted by molar-refractivity contribution is 5.83. The molecule has 5 nitrogen and oxygen atoms in total. The van der Waals surface area contributed by atoms with Crippen LogP contribution in [0, 0.1) is 5.41 Å². The van der Waals surface area contributed by atoms with E-state index in [1.54, 1.807) is 6.20 Å². The molecule has 29 heavy (non-hydrogen) atoms. The van der Waals surface area contributed by atoms with Crippen LogP contribution in [0.5, 0.6) is 0 Å². The first-order chi connectivity index (χ1) is 14.1. The van der Waals surface area contributed by atoms with Crippen molar-refractivity contribution in [3.05, 3.63) is 78.4 Å². The summed E-state index contributed by atoms with van der Waals surface area (Å²) in [6.45, 7) is 5.71. The first-order valence-electron chi connectivity index (χ1n) is 10.2. The second kappa shape index (κ2) is 9.52. The van der Waals surface area contributed by atoms with Crippen LogP contribution in [0.15, 0.2) is 67.3 Å². The Bertz CT molecular complexity index is 904. The van der Waals surface area contributed by atoms with Gasteiger partial charge in [-0.15, -0.1) is 0 Å². The van der Waals surface area contributed by atoms with Crippen molar-refractivity contribution in [2.24, 2.45) is 11.1 Å². The summed E-state index contributed by atoms with van der Waals surface area (Å²) >= 11 is 0. The quantitative estimate of drug-likeness (QED) is 0.580. The van der Waals surface area contributed by atoms with Gasteiger partial charge in [-0.25, -0.2) is 4.98 Å². The molecular formula is C24H30N4O. The van der Waals surface area contributed by atoms with Gasteiger partial charge < -0.3 is 15.6 Å². The number of amides is 1. The van der Waals surface area contributed by atoms with Crippen molar-refractivity contribution in [3.8, 4) is 11.1 Å². The molecular weight excluding hydrogens is 360 g/mol. The molecule has 0 atom stereocenters. The lowest BCUT2D eigenvalue weighted by atomic mass is 9.81. The van der Waals surface area contributed by atoms with Crippen molar-refractivity contribution >= 4 is 5.91 Å². The Kier molecular flexibility index (Phi) is 6.83. The molecule has 2 aromatic carbocycles. The molecule has 1 heterocycles. The summed E-state index contributed by atoms with van der Waals surface area (Å²) in [5.41, 5.74) is 10.0. The lowest BCUT2D eigenvalue weighted by molar-refractivity contribution is -0.131. The number of carbonyl (C=O) groups is 1. The van der Waals surface area contributed by atoms with Crippen molar-refractivity contribution in [2.75, 3.05) is 6.54 Å². The van der Waals surface area contributed by atoms with Crippen LogP contribution in [0.1, 0.15) is 37.8 Å². The summed E-state index contributed by atoms with van der Waals surface area (Å²) < 4.78 is 2.05. The molecule has 0 aliphatic heterocycles. The average molecular weight is 391 g/mol. The largest absolute Gasteiger partial charge is 0.351 e. The van der Waals surface area contributed by atoms with Gasteiger partial charge in [-0.05, 0) is 35.1 Å². The maximum atomic E-state index is 12.8. The summed E-state index contributed by atoms with van der Waals surface area (Å²) in [6, 6.07) is 16.7. The zero-order valence-corrected chi connectivity index (χ0v) is 17.3. The van der Waals surface area contributed by atoms with E-state index in [1.807, 2.05) is 43.1 Å². The molecule has 0 bridgehead atoms. The minimum Gasteiger partial charge on any atom is -0.351 e. The Morgan fingerprint density at radius 1 is 1.10 bits per heavy atom. The van der Waals surface area contributed by atoms with E-state index < -0.39 is 5.41 Å². The third-order valence-corrected chi connectivity index (χ3v) is 5.87. The van der Waals surface area contributed by atoms with Crippen LogP contribution in [0.2, 0.25) is 0 Å². The van der Waals surface area contributed by atoms with E-state index in [4.69, 9.17) is 5.73 Å². The minimum absolute atomic E-state index is 0.0375. The molecule has 1 amide bonds. The molecule has 3 aromatic rings. The Hall–Kier alpha value is -2.92. The second-order valence-corrected chi connectivity index (χ2v) is 7.46. The number of imidazole rings is 1. The van der Waals surface area contributed by atoms with Crippen LogP contribution in [0.4, 0.5) is 0 Å². The van der Waals surface area contributed by atoms with Crippen molar-refractivity contribution in [1.29, 1.82) is 0 Å². The van der Waals surface area contributed by atoms with Crippen LogP contribution in [-0.2, 0) is 17.9 Å². The molecule has 0 radical (unpaired) electrons. The normalized spacial score (nSPS) is 11.4. The maximum Gasteiger partial charge on any atom is 0.227 e. The van der Waals surface area contributed by atoms with Gasteiger partial charge in [-0.3, -0.25) is 4.79 Å². The molecule has 0 saturated heterocycles. The molecule has 0 saturated carbocycles. The van der Waals surface area contributed by atoms with Crippen molar-refractivity contribution < 1.29 is 4.79 Å². The minimum atomic E-state index is -0.482. The van der Waals surface area contributed by atoms with E-state index >= 15 is 0 Å². The second-order valence-electron chi connectivity index (χ2n) is 7.46. The molecule has 1 aromatic heterocycles.